The van der Waals surface area contributed by atoms with E-state index >= 15 is 0 Å². The van der Waals surface area contributed by atoms with Gasteiger partial charge in [-0.15, -0.1) is 0 Å². The molecule has 1 fully saturated rings. The molecule has 0 atom stereocenters. The lowest BCUT2D eigenvalue weighted by molar-refractivity contribution is 0.375. The minimum Gasteiger partial charge on any atom is -0.364 e. The van der Waals surface area contributed by atoms with E-state index in [1.807, 2.05) is 42.6 Å². The molecule has 3 nitrogen and oxygen atoms in total. The Morgan fingerprint density at radius 2 is 1.64 bits per heavy atom. The van der Waals surface area contributed by atoms with Crippen LogP contribution in [-0.2, 0) is 6.54 Å². The highest BCUT2D eigenvalue weighted by molar-refractivity contribution is 6.33. The van der Waals surface area contributed by atoms with Crippen molar-refractivity contribution in [3.05, 3.63) is 69.3 Å². The first-order chi connectivity index (χ1) is 13.5. The van der Waals surface area contributed by atoms with Crippen molar-refractivity contribution in [2.24, 2.45) is 5.73 Å². The Balaban J connectivity index is 1.78. The largest absolute Gasteiger partial charge is 0.364 e. The van der Waals surface area contributed by atoms with Crippen LogP contribution in [-0.4, -0.2) is 17.1 Å². The van der Waals surface area contributed by atoms with Crippen LogP contribution in [0.4, 0.5) is 5.69 Å². The number of aromatic nitrogens is 1. The number of halogens is 3. The third kappa shape index (κ3) is 4.23. The maximum atomic E-state index is 6.49. The SMILES string of the molecule is NC1CCC(N(Cc2cc(Cl)ccc2Cl)c2ccnc3cc(Cl)ccc23)CC1. The van der Waals surface area contributed by atoms with Crippen molar-refractivity contribution in [1.82, 2.24) is 4.98 Å². The number of pyridine rings is 1. The summed E-state index contributed by atoms with van der Waals surface area (Å²) in [7, 11) is 0. The molecule has 0 spiro atoms. The molecule has 1 saturated carbocycles. The summed E-state index contributed by atoms with van der Waals surface area (Å²) in [5.74, 6) is 0. The zero-order valence-electron chi connectivity index (χ0n) is 15.4. The molecule has 0 radical (unpaired) electrons. The lowest BCUT2D eigenvalue weighted by Gasteiger charge is -2.38. The lowest BCUT2D eigenvalue weighted by atomic mass is 9.90. The number of benzene rings is 2. The molecule has 2 N–H and O–H groups in total. The van der Waals surface area contributed by atoms with E-state index in [9.17, 15) is 0 Å². The summed E-state index contributed by atoms with van der Waals surface area (Å²) in [5.41, 5.74) is 9.20. The van der Waals surface area contributed by atoms with Crippen LogP contribution in [0.15, 0.2) is 48.7 Å². The van der Waals surface area contributed by atoms with Crippen LogP contribution in [0.5, 0.6) is 0 Å². The van der Waals surface area contributed by atoms with Gasteiger partial charge in [-0.05, 0) is 73.7 Å². The van der Waals surface area contributed by atoms with Gasteiger partial charge in [0.05, 0.1) is 5.52 Å². The second kappa shape index (κ2) is 8.46. The maximum absolute atomic E-state index is 6.49. The average Bonchev–Trinajstić information content (AvgIpc) is 2.69. The molecule has 0 aliphatic heterocycles. The van der Waals surface area contributed by atoms with Gasteiger partial charge in [-0.25, -0.2) is 0 Å². The first-order valence-electron chi connectivity index (χ1n) is 9.51. The molecule has 3 aromatic rings. The van der Waals surface area contributed by atoms with Gasteiger partial charge >= 0.3 is 0 Å². The monoisotopic (exact) mass is 433 g/mol. The number of nitrogens with zero attached hydrogens (tertiary/aromatic N) is 2. The molecule has 0 amide bonds. The number of rotatable bonds is 4. The Labute approximate surface area is 180 Å². The molecule has 146 valence electrons. The molecule has 2 aromatic carbocycles. The van der Waals surface area contributed by atoms with Crippen molar-refractivity contribution in [3.63, 3.8) is 0 Å². The van der Waals surface area contributed by atoms with E-state index in [0.717, 1.165) is 52.9 Å². The number of anilines is 1. The molecule has 0 unspecified atom stereocenters. The summed E-state index contributed by atoms with van der Waals surface area (Å²) in [6, 6.07) is 14.2. The second-order valence-electron chi connectivity index (χ2n) is 7.42. The first-order valence-corrected chi connectivity index (χ1v) is 10.6. The van der Waals surface area contributed by atoms with E-state index in [4.69, 9.17) is 40.5 Å². The number of nitrogens with two attached hydrogens (primary N) is 1. The fraction of sp³-hybridized carbons (Fsp3) is 0.318. The van der Waals surface area contributed by atoms with Gasteiger partial charge in [-0.2, -0.15) is 0 Å². The third-order valence-corrected chi connectivity index (χ3v) is 6.36. The predicted octanol–water partition coefficient (Wildman–Crippen LogP) is 6.47. The van der Waals surface area contributed by atoms with E-state index in [1.165, 1.54) is 0 Å². The quantitative estimate of drug-likeness (QED) is 0.511. The minimum atomic E-state index is 0.292. The van der Waals surface area contributed by atoms with Gasteiger partial charge in [0.15, 0.2) is 0 Å². The summed E-state index contributed by atoms with van der Waals surface area (Å²) in [6.45, 7) is 0.682. The van der Waals surface area contributed by atoms with Gasteiger partial charge < -0.3 is 10.6 Å². The Morgan fingerprint density at radius 1 is 0.929 bits per heavy atom. The Hall–Kier alpha value is -1.52. The molecular formula is C22H22Cl3N3. The summed E-state index contributed by atoms with van der Waals surface area (Å²) < 4.78 is 0. The fourth-order valence-electron chi connectivity index (χ4n) is 4.03. The second-order valence-corrected chi connectivity index (χ2v) is 8.70. The molecule has 1 aromatic heterocycles. The van der Waals surface area contributed by atoms with Crippen molar-refractivity contribution in [3.8, 4) is 0 Å². The standard InChI is InChI=1S/C22H22Cl3N3/c23-15-2-8-20(25)14(11-15)13-28(18-5-3-17(26)4-6-18)22-9-10-27-21-12-16(24)1-7-19(21)22/h1-2,7-12,17-18H,3-6,13,26H2. The van der Waals surface area contributed by atoms with Crippen LogP contribution < -0.4 is 10.6 Å². The Morgan fingerprint density at radius 3 is 2.43 bits per heavy atom. The molecule has 1 heterocycles. The third-order valence-electron chi connectivity index (χ3n) is 5.52. The highest BCUT2D eigenvalue weighted by atomic mass is 35.5. The molecule has 0 saturated heterocycles. The highest BCUT2D eigenvalue weighted by Crippen LogP contribution is 2.35. The van der Waals surface area contributed by atoms with Crippen molar-refractivity contribution in [1.29, 1.82) is 0 Å². The van der Waals surface area contributed by atoms with Crippen LogP contribution in [0.3, 0.4) is 0 Å². The molecule has 1 aliphatic carbocycles. The normalized spacial score (nSPS) is 19.7. The minimum absolute atomic E-state index is 0.292. The topological polar surface area (TPSA) is 42.1 Å². The molecule has 1 aliphatic rings. The number of hydrogen-bond acceptors (Lipinski definition) is 3. The van der Waals surface area contributed by atoms with E-state index in [-0.39, 0.29) is 0 Å². The number of hydrogen-bond donors (Lipinski definition) is 1. The van der Waals surface area contributed by atoms with Gasteiger partial charge in [0.2, 0.25) is 0 Å². The molecule has 28 heavy (non-hydrogen) atoms. The first kappa shape index (κ1) is 19.8. The van der Waals surface area contributed by atoms with Gasteiger partial charge in [0.1, 0.15) is 0 Å². The molecule has 0 bridgehead atoms. The highest BCUT2D eigenvalue weighted by Gasteiger charge is 2.26. The summed E-state index contributed by atoms with van der Waals surface area (Å²) in [4.78, 5) is 6.93. The van der Waals surface area contributed by atoms with E-state index < -0.39 is 0 Å². The molecular weight excluding hydrogens is 413 g/mol. The van der Waals surface area contributed by atoms with Crippen LogP contribution >= 0.6 is 34.8 Å². The van der Waals surface area contributed by atoms with Gasteiger partial charge in [0, 0.05) is 51.0 Å². The van der Waals surface area contributed by atoms with Crippen molar-refractivity contribution in [2.45, 2.75) is 44.3 Å². The Kier molecular flexibility index (Phi) is 5.98. The number of fused-ring (bicyclic) bond motifs is 1. The summed E-state index contributed by atoms with van der Waals surface area (Å²) in [6.07, 6.45) is 6.00. The van der Waals surface area contributed by atoms with E-state index in [1.54, 1.807) is 0 Å². The molecule has 4 rings (SSSR count). The zero-order valence-corrected chi connectivity index (χ0v) is 17.7. The van der Waals surface area contributed by atoms with Gasteiger partial charge in [0.25, 0.3) is 0 Å². The van der Waals surface area contributed by atoms with Gasteiger partial charge in [-0.3, -0.25) is 4.98 Å². The smallest absolute Gasteiger partial charge is 0.0737 e. The van der Waals surface area contributed by atoms with Crippen LogP contribution in [0, 0.1) is 0 Å². The van der Waals surface area contributed by atoms with Gasteiger partial charge in [-0.1, -0.05) is 34.8 Å². The van der Waals surface area contributed by atoms with E-state index in [2.05, 4.69) is 16.0 Å². The lowest BCUT2D eigenvalue weighted by Crippen LogP contribution is -2.40. The van der Waals surface area contributed by atoms with Crippen LogP contribution in [0.2, 0.25) is 15.1 Å². The Bertz CT molecular complexity index is 984. The fourth-order valence-corrected chi connectivity index (χ4v) is 4.57. The summed E-state index contributed by atoms with van der Waals surface area (Å²) in [5, 5.41) is 3.19. The van der Waals surface area contributed by atoms with Crippen LogP contribution in [0.1, 0.15) is 31.2 Å². The predicted molar refractivity (Wildman–Crippen MR) is 120 cm³/mol. The van der Waals surface area contributed by atoms with Crippen molar-refractivity contribution < 1.29 is 0 Å². The summed E-state index contributed by atoms with van der Waals surface area (Å²) >= 11 is 18.9. The van der Waals surface area contributed by atoms with Crippen molar-refractivity contribution in [2.75, 3.05) is 4.90 Å². The average molecular weight is 435 g/mol. The molecule has 6 heteroatoms. The maximum Gasteiger partial charge on any atom is 0.0737 e. The van der Waals surface area contributed by atoms with Crippen LogP contribution in [0.25, 0.3) is 10.9 Å². The van der Waals surface area contributed by atoms with Crippen molar-refractivity contribution >= 4 is 51.4 Å². The van der Waals surface area contributed by atoms with E-state index in [0.29, 0.717) is 28.7 Å². The zero-order chi connectivity index (χ0) is 19.7.